The number of aryl methyl sites for hydroxylation is 1. The monoisotopic (exact) mass is 226 g/mol. The van der Waals surface area contributed by atoms with Crippen LogP contribution >= 0.6 is 11.6 Å². The summed E-state index contributed by atoms with van der Waals surface area (Å²) < 4.78 is 15.1. The fraction of sp³-hybridized carbons (Fsp3) is 0.273. The molecule has 1 heterocycles. The van der Waals surface area contributed by atoms with Crippen LogP contribution in [0.2, 0.25) is 5.02 Å². The molecule has 2 rings (SSSR count). The van der Waals surface area contributed by atoms with E-state index in [1.54, 1.807) is 6.07 Å². The van der Waals surface area contributed by atoms with Crippen molar-refractivity contribution in [1.29, 1.82) is 0 Å². The van der Waals surface area contributed by atoms with Crippen molar-refractivity contribution in [3.63, 3.8) is 0 Å². The van der Waals surface area contributed by atoms with Gasteiger partial charge in [0.1, 0.15) is 5.82 Å². The van der Waals surface area contributed by atoms with Gasteiger partial charge in [-0.1, -0.05) is 11.6 Å². The smallest absolute Gasteiger partial charge is 0.143 e. The fourth-order valence-corrected chi connectivity index (χ4v) is 1.98. The number of nitrogens with zero attached hydrogens (tertiary/aromatic N) is 1. The highest BCUT2D eigenvalue weighted by molar-refractivity contribution is 6.31. The van der Waals surface area contributed by atoms with Gasteiger partial charge >= 0.3 is 0 Å². The van der Waals surface area contributed by atoms with E-state index in [0.29, 0.717) is 6.54 Å². The molecule has 1 aromatic carbocycles. The molecule has 80 valence electrons. The van der Waals surface area contributed by atoms with E-state index in [1.165, 1.54) is 6.07 Å². The van der Waals surface area contributed by atoms with E-state index in [-0.39, 0.29) is 10.8 Å². The van der Waals surface area contributed by atoms with Crippen LogP contribution in [0.15, 0.2) is 18.3 Å². The first-order valence-corrected chi connectivity index (χ1v) is 5.14. The van der Waals surface area contributed by atoms with Gasteiger partial charge in [-0.3, -0.25) is 0 Å². The van der Waals surface area contributed by atoms with Gasteiger partial charge in [0.2, 0.25) is 0 Å². The van der Waals surface area contributed by atoms with Gasteiger partial charge in [0.25, 0.3) is 0 Å². The Hall–Kier alpha value is -1.06. The van der Waals surface area contributed by atoms with Gasteiger partial charge in [0.15, 0.2) is 0 Å². The van der Waals surface area contributed by atoms with Crippen LogP contribution < -0.4 is 5.73 Å². The molecule has 2 aromatic rings. The average molecular weight is 227 g/mol. The molecule has 0 aliphatic heterocycles. The van der Waals surface area contributed by atoms with Crippen molar-refractivity contribution in [2.75, 3.05) is 6.54 Å². The normalized spacial score (nSPS) is 11.2. The first-order chi connectivity index (χ1) is 7.13. The highest BCUT2D eigenvalue weighted by Crippen LogP contribution is 2.26. The third-order valence-electron chi connectivity index (χ3n) is 2.53. The highest BCUT2D eigenvalue weighted by Gasteiger charge is 2.09. The molecule has 0 spiro atoms. The van der Waals surface area contributed by atoms with Crippen LogP contribution in [-0.4, -0.2) is 11.1 Å². The molecule has 0 fully saturated rings. The third kappa shape index (κ3) is 1.73. The van der Waals surface area contributed by atoms with Crippen LogP contribution in [0.1, 0.15) is 5.56 Å². The first-order valence-electron chi connectivity index (χ1n) is 4.76. The van der Waals surface area contributed by atoms with Gasteiger partial charge < -0.3 is 10.3 Å². The SMILES string of the molecule is Cn1cc(CCN)c2cc(Cl)c(F)cc21. The molecule has 15 heavy (non-hydrogen) atoms. The number of rotatable bonds is 2. The number of halogens is 2. The van der Waals surface area contributed by atoms with Crippen LogP contribution in [-0.2, 0) is 13.5 Å². The van der Waals surface area contributed by atoms with E-state index in [0.717, 1.165) is 22.9 Å². The minimum atomic E-state index is -0.385. The Kier molecular flexibility index (Phi) is 2.67. The zero-order valence-electron chi connectivity index (χ0n) is 8.43. The number of fused-ring (bicyclic) bond motifs is 1. The Balaban J connectivity index is 2.70. The van der Waals surface area contributed by atoms with E-state index < -0.39 is 0 Å². The number of nitrogens with two attached hydrogens (primary N) is 1. The molecule has 0 bridgehead atoms. The van der Waals surface area contributed by atoms with Crippen LogP contribution in [0.3, 0.4) is 0 Å². The van der Waals surface area contributed by atoms with Crippen molar-refractivity contribution < 1.29 is 4.39 Å². The summed E-state index contributed by atoms with van der Waals surface area (Å²) in [5.74, 6) is -0.385. The number of hydrogen-bond donors (Lipinski definition) is 1. The van der Waals surface area contributed by atoms with E-state index in [1.807, 2.05) is 17.8 Å². The molecule has 0 saturated heterocycles. The van der Waals surface area contributed by atoms with Gasteiger partial charge in [0.05, 0.1) is 10.5 Å². The molecule has 4 heteroatoms. The Bertz CT molecular complexity index is 505. The summed E-state index contributed by atoms with van der Waals surface area (Å²) in [6.45, 7) is 0.577. The molecule has 0 amide bonds. The van der Waals surface area contributed by atoms with Crippen molar-refractivity contribution in [3.8, 4) is 0 Å². The van der Waals surface area contributed by atoms with Crippen molar-refractivity contribution in [1.82, 2.24) is 4.57 Å². The third-order valence-corrected chi connectivity index (χ3v) is 2.82. The molecule has 0 saturated carbocycles. The van der Waals surface area contributed by atoms with Crippen molar-refractivity contribution >= 4 is 22.5 Å². The van der Waals surface area contributed by atoms with Crippen LogP contribution in [0.5, 0.6) is 0 Å². The van der Waals surface area contributed by atoms with Crippen LogP contribution in [0.25, 0.3) is 10.9 Å². The molecule has 0 aliphatic rings. The maximum atomic E-state index is 13.3. The molecule has 2 nitrogen and oxygen atoms in total. The molecule has 0 radical (unpaired) electrons. The maximum absolute atomic E-state index is 13.3. The lowest BCUT2D eigenvalue weighted by Gasteiger charge is -1.99. The Labute approximate surface area is 92.4 Å². The van der Waals surface area contributed by atoms with Crippen LogP contribution in [0, 0.1) is 5.82 Å². The van der Waals surface area contributed by atoms with E-state index >= 15 is 0 Å². The van der Waals surface area contributed by atoms with E-state index in [2.05, 4.69) is 0 Å². The Morgan fingerprint density at radius 3 is 2.87 bits per heavy atom. The second-order valence-electron chi connectivity index (χ2n) is 3.59. The summed E-state index contributed by atoms with van der Waals surface area (Å²) in [4.78, 5) is 0. The first kappa shape index (κ1) is 10.5. The molecule has 2 N–H and O–H groups in total. The quantitative estimate of drug-likeness (QED) is 0.838. The summed E-state index contributed by atoms with van der Waals surface area (Å²) >= 11 is 5.75. The van der Waals surface area contributed by atoms with Gasteiger partial charge in [0, 0.05) is 18.6 Å². The lowest BCUT2D eigenvalue weighted by molar-refractivity contribution is 0.629. The molecular weight excluding hydrogens is 215 g/mol. The fourth-order valence-electron chi connectivity index (χ4n) is 1.81. The highest BCUT2D eigenvalue weighted by atomic mass is 35.5. The summed E-state index contributed by atoms with van der Waals surface area (Å²) in [5.41, 5.74) is 7.47. The van der Waals surface area contributed by atoms with E-state index in [4.69, 9.17) is 17.3 Å². The molecular formula is C11H12ClFN2. The zero-order valence-corrected chi connectivity index (χ0v) is 9.18. The van der Waals surface area contributed by atoms with Crippen LogP contribution in [0.4, 0.5) is 4.39 Å². The summed E-state index contributed by atoms with van der Waals surface area (Å²) in [7, 11) is 1.88. The van der Waals surface area contributed by atoms with Crippen molar-refractivity contribution in [2.24, 2.45) is 12.8 Å². The number of aromatic nitrogens is 1. The molecule has 0 aliphatic carbocycles. The Morgan fingerprint density at radius 1 is 1.47 bits per heavy atom. The van der Waals surface area contributed by atoms with Gasteiger partial charge in [-0.15, -0.1) is 0 Å². The standard InChI is InChI=1S/C11H12ClFN2/c1-15-6-7(2-3-14)8-4-9(12)10(13)5-11(8)15/h4-6H,2-3,14H2,1H3. The topological polar surface area (TPSA) is 30.9 Å². The van der Waals surface area contributed by atoms with Gasteiger partial charge in [-0.25, -0.2) is 4.39 Å². The molecule has 1 aromatic heterocycles. The predicted molar refractivity (Wildman–Crippen MR) is 60.6 cm³/mol. The predicted octanol–water partition coefficient (Wildman–Crippen LogP) is 2.47. The largest absolute Gasteiger partial charge is 0.350 e. The number of benzene rings is 1. The maximum Gasteiger partial charge on any atom is 0.143 e. The molecule has 0 atom stereocenters. The summed E-state index contributed by atoms with van der Waals surface area (Å²) in [6.07, 6.45) is 2.74. The van der Waals surface area contributed by atoms with Crippen molar-refractivity contribution in [3.05, 3.63) is 34.7 Å². The second kappa shape index (κ2) is 3.83. The molecule has 0 unspecified atom stereocenters. The Morgan fingerprint density at radius 2 is 2.20 bits per heavy atom. The van der Waals surface area contributed by atoms with Crippen molar-refractivity contribution in [2.45, 2.75) is 6.42 Å². The summed E-state index contributed by atoms with van der Waals surface area (Å²) in [6, 6.07) is 3.12. The lowest BCUT2D eigenvalue weighted by atomic mass is 10.1. The minimum absolute atomic E-state index is 0.159. The van der Waals surface area contributed by atoms with Gasteiger partial charge in [-0.05, 0) is 30.7 Å². The summed E-state index contributed by atoms with van der Waals surface area (Å²) in [5, 5.41) is 1.14. The average Bonchev–Trinajstić information content (AvgIpc) is 2.46. The van der Waals surface area contributed by atoms with E-state index in [9.17, 15) is 4.39 Å². The lowest BCUT2D eigenvalue weighted by Crippen LogP contribution is -2.01. The zero-order chi connectivity index (χ0) is 11.0. The number of hydrogen-bond acceptors (Lipinski definition) is 1. The van der Waals surface area contributed by atoms with Gasteiger partial charge in [-0.2, -0.15) is 0 Å². The second-order valence-corrected chi connectivity index (χ2v) is 3.99. The minimum Gasteiger partial charge on any atom is -0.350 e.